The van der Waals surface area contributed by atoms with Crippen LogP contribution in [0.3, 0.4) is 0 Å². The molecule has 0 amide bonds. The molecule has 290 valence electrons. The van der Waals surface area contributed by atoms with Gasteiger partial charge < -0.3 is 42.6 Å². The molecular formula is C45H56O9. The average molecular weight is 741 g/mol. The van der Waals surface area contributed by atoms with Gasteiger partial charge in [0.05, 0.1) is 45.2 Å². The second-order valence-electron chi connectivity index (χ2n) is 14.2. The van der Waals surface area contributed by atoms with E-state index in [1.807, 2.05) is 100 Å². The van der Waals surface area contributed by atoms with E-state index in [9.17, 15) is 0 Å². The molecule has 54 heavy (non-hydrogen) atoms. The fourth-order valence-corrected chi connectivity index (χ4v) is 7.15. The smallest absolute Gasteiger partial charge is 0.186 e. The van der Waals surface area contributed by atoms with Crippen molar-refractivity contribution in [3.8, 4) is 0 Å². The standard InChI is InChI=1S/C45H56O9/c1-5-47-44(48-6-2)42-38(53-45(3,4)54-42)27-37-40(49-29-34-21-13-8-14-22-34)43(51-31-36-25-17-10-18-26-36)41(50-30-35-23-15-9-16-24-35)39(52-37)32-46-28-33-19-11-7-12-20-33/h7-26,37-44H,5-6,27-32H2,1-4H3/t37-,38-,39-,40-,41-,42+,43-/m1/s1. The van der Waals surface area contributed by atoms with Crippen LogP contribution in [0.1, 0.15) is 56.4 Å². The van der Waals surface area contributed by atoms with E-state index in [1.54, 1.807) is 0 Å². The van der Waals surface area contributed by atoms with Crippen molar-refractivity contribution in [2.75, 3.05) is 19.8 Å². The average Bonchev–Trinajstić information content (AvgIpc) is 3.50. The quantitative estimate of drug-likeness (QED) is 0.0837. The van der Waals surface area contributed by atoms with Gasteiger partial charge >= 0.3 is 0 Å². The Morgan fingerprint density at radius 2 is 0.944 bits per heavy atom. The second kappa shape index (κ2) is 20.4. The van der Waals surface area contributed by atoms with Crippen LogP contribution in [0.2, 0.25) is 0 Å². The lowest BCUT2D eigenvalue weighted by atomic mass is 9.90. The molecule has 2 aliphatic heterocycles. The summed E-state index contributed by atoms with van der Waals surface area (Å²) in [6.45, 7) is 10.5. The van der Waals surface area contributed by atoms with Crippen LogP contribution in [0.15, 0.2) is 121 Å². The molecule has 2 heterocycles. The molecule has 0 radical (unpaired) electrons. The van der Waals surface area contributed by atoms with E-state index in [4.69, 9.17) is 42.6 Å². The number of hydrogen-bond acceptors (Lipinski definition) is 9. The van der Waals surface area contributed by atoms with E-state index in [2.05, 4.69) is 48.5 Å². The molecule has 9 heteroatoms. The van der Waals surface area contributed by atoms with Crippen molar-refractivity contribution in [2.24, 2.45) is 0 Å². The highest BCUT2D eigenvalue weighted by molar-refractivity contribution is 5.16. The minimum Gasteiger partial charge on any atom is -0.374 e. The van der Waals surface area contributed by atoms with Crippen molar-refractivity contribution in [1.29, 1.82) is 0 Å². The van der Waals surface area contributed by atoms with Gasteiger partial charge in [0.25, 0.3) is 0 Å². The Balaban J connectivity index is 1.34. The lowest BCUT2D eigenvalue weighted by Gasteiger charge is -2.47. The molecule has 2 saturated heterocycles. The number of benzene rings is 4. The van der Waals surface area contributed by atoms with Gasteiger partial charge in [0.1, 0.15) is 30.5 Å². The van der Waals surface area contributed by atoms with Crippen molar-refractivity contribution < 1.29 is 42.6 Å². The van der Waals surface area contributed by atoms with E-state index < -0.39 is 54.8 Å². The van der Waals surface area contributed by atoms with Gasteiger partial charge in [0, 0.05) is 19.6 Å². The zero-order valence-electron chi connectivity index (χ0n) is 32.0. The Hall–Kier alpha value is -3.48. The topological polar surface area (TPSA) is 83.1 Å². The molecule has 0 bridgehead atoms. The molecule has 0 aromatic heterocycles. The van der Waals surface area contributed by atoms with Gasteiger partial charge in [-0.15, -0.1) is 0 Å². The van der Waals surface area contributed by atoms with Crippen LogP contribution in [-0.2, 0) is 69.1 Å². The zero-order valence-corrected chi connectivity index (χ0v) is 32.0. The highest BCUT2D eigenvalue weighted by Crippen LogP contribution is 2.38. The van der Waals surface area contributed by atoms with E-state index in [1.165, 1.54) is 0 Å². The monoisotopic (exact) mass is 740 g/mol. The molecule has 2 aliphatic rings. The van der Waals surface area contributed by atoms with Gasteiger partial charge in [0.15, 0.2) is 12.1 Å². The normalized spacial score (nSPS) is 25.2. The summed E-state index contributed by atoms with van der Waals surface area (Å²) in [6, 6.07) is 40.6. The maximum Gasteiger partial charge on any atom is 0.186 e. The van der Waals surface area contributed by atoms with Crippen LogP contribution in [0.4, 0.5) is 0 Å². The molecule has 0 unspecified atom stereocenters. The third-order valence-electron chi connectivity index (χ3n) is 9.60. The van der Waals surface area contributed by atoms with E-state index in [0.717, 1.165) is 22.3 Å². The highest BCUT2D eigenvalue weighted by atomic mass is 16.8. The van der Waals surface area contributed by atoms with Crippen LogP contribution >= 0.6 is 0 Å². The molecule has 4 aromatic carbocycles. The van der Waals surface area contributed by atoms with Gasteiger partial charge in [0.2, 0.25) is 0 Å². The second-order valence-corrected chi connectivity index (χ2v) is 14.2. The summed E-state index contributed by atoms with van der Waals surface area (Å²) in [6.07, 6.45) is -3.73. The van der Waals surface area contributed by atoms with Crippen molar-refractivity contribution in [1.82, 2.24) is 0 Å². The zero-order chi connectivity index (χ0) is 37.6. The first-order valence-corrected chi connectivity index (χ1v) is 19.2. The summed E-state index contributed by atoms with van der Waals surface area (Å²) < 4.78 is 59.4. The van der Waals surface area contributed by atoms with E-state index >= 15 is 0 Å². The number of rotatable bonds is 20. The Kier molecular flexibility index (Phi) is 15.2. The Morgan fingerprint density at radius 1 is 0.519 bits per heavy atom. The minimum atomic E-state index is -0.862. The van der Waals surface area contributed by atoms with Gasteiger partial charge in [-0.05, 0) is 49.9 Å². The highest BCUT2D eigenvalue weighted by Gasteiger charge is 2.53. The maximum absolute atomic E-state index is 7.11. The first kappa shape index (κ1) is 40.2. The molecule has 6 rings (SSSR count). The van der Waals surface area contributed by atoms with E-state index in [0.29, 0.717) is 46.1 Å². The third-order valence-corrected chi connectivity index (χ3v) is 9.60. The summed E-state index contributed by atoms with van der Waals surface area (Å²) in [7, 11) is 0. The van der Waals surface area contributed by atoms with E-state index in [-0.39, 0.29) is 6.61 Å². The number of ether oxygens (including phenoxy) is 9. The van der Waals surface area contributed by atoms with Crippen LogP contribution in [0, 0.1) is 0 Å². The fourth-order valence-electron chi connectivity index (χ4n) is 7.15. The first-order valence-electron chi connectivity index (χ1n) is 19.2. The molecule has 0 aliphatic carbocycles. The third kappa shape index (κ3) is 11.5. The van der Waals surface area contributed by atoms with Crippen LogP contribution < -0.4 is 0 Å². The summed E-state index contributed by atoms with van der Waals surface area (Å²) in [5.41, 5.74) is 4.21. The molecule has 2 fully saturated rings. The number of hydrogen-bond donors (Lipinski definition) is 0. The molecule has 0 spiro atoms. The van der Waals surface area contributed by atoms with Gasteiger partial charge in [-0.2, -0.15) is 0 Å². The summed E-state index contributed by atoms with van der Waals surface area (Å²) in [4.78, 5) is 0. The van der Waals surface area contributed by atoms with Gasteiger partial charge in [-0.25, -0.2) is 0 Å². The molecular weight excluding hydrogens is 684 g/mol. The summed E-state index contributed by atoms with van der Waals surface area (Å²) in [5, 5.41) is 0. The van der Waals surface area contributed by atoms with Gasteiger partial charge in [-0.3, -0.25) is 0 Å². The van der Waals surface area contributed by atoms with Crippen molar-refractivity contribution in [3.63, 3.8) is 0 Å². The van der Waals surface area contributed by atoms with Crippen molar-refractivity contribution >= 4 is 0 Å². The minimum absolute atomic E-state index is 0.277. The predicted octanol–water partition coefficient (Wildman–Crippen LogP) is 8.04. The first-order chi connectivity index (χ1) is 26.4. The van der Waals surface area contributed by atoms with Crippen LogP contribution in [0.5, 0.6) is 0 Å². The summed E-state index contributed by atoms with van der Waals surface area (Å²) in [5.74, 6) is -0.862. The van der Waals surface area contributed by atoms with Gasteiger partial charge in [-0.1, -0.05) is 121 Å². The molecule has 9 nitrogen and oxygen atoms in total. The molecule has 0 saturated carbocycles. The molecule has 7 atom stereocenters. The Morgan fingerprint density at radius 3 is 1.41 bits per heavy atom. The fraction of sp³-hybridized carbons (Fsp3) is 0.467. The van der Waals surface area contributed by atoms with Crippen molar-refractivity contribution in [2.45, 2.75) is 115 Å². The Bertz CT molecular complexity index is 1600. The molecule has 0 N–H and O–H groups in total. The molecule has 4 aromatic rings. The summed E-state index contributed by atoms with van der Waals surface area (Å²) >= 11 is 0. The van der Waals surface area contributed by atoms with Crippen molar-refractivity contribution in [3.05, 3.63) is 144 Å². The SMILES string of the molecule is CCOC(OCC)[C@H]1OC(C)(C)O[C@@H]1C[C@H]1O[C@H](COCc2ccccc2)[C@@H](OCc2ccccc2)[C@H](OCc2ccccc2)[C@@H]1OCc1ccccc1. The Labute approximate surface area is 320 Å². The predicted molar refractivity (Wildman–Crippen MR) is 205 cm³/mol. The maximum atomic E-state index is 7.11. The lowest BCUT2D eigenvalue weighted by molar-refractivity contribution is -0.278. The van der Waals surface area contributed by atoms with Crippen LogP contribution in [0.25, 0.3) is 0 Å². The lowest BCUT2D eigenvalue weighted by Crippen LogP contribution is -2.62. The van der Waals surface area contributed by atoms with Crippen LogP contribution in [-0.4, -0.2) is 74.6 Å². The largest absolute Gasteiger partial charge is 0.374 e.